The minimum atomic E-state index is -1.20. The highest BCUT2D eigenvalue weighted by Crippen LogP contribution is 2.33. The minimum Gasteiger partial charge on any atom is -0.385 e. The van der Waals surface area contributed by atoms with E-state index in [1.54, 1.807) is 20.1 Å². The van der Waals surface area contributed by atoms with Crippen LogP contribution in [0.25, 0.3) is 0 Å². The van der Waals surface area contributed by atoms with E-state index < -0.39 is 5.67 Å². The fraction of sp³-hybridized carbons (Fsp3) is 0.444. The van der Waals surface area contributed by atoms with Crippen molar-refractivity contribution in [2.45, 2.75) is 65.1 Å². The Morgan fingerprint density at radius 3 is 2.64 bits per heavy atom. The molecule has 182 valence electrons. The van der Waals surface area contributed by atoms with Crippen LogP contribution in [0.3, 0.4) is 0 Å². The number of nitrogens with zero attached hydrogens (tertiary/aromatic N) is 2. The third kappa shape index (κ3) is 10.1. The Bertz CT molecular complexity index is 839. The fourth-order valence-corrected chi connectivity index (χ4v) is 3.45. The van der Waals surface area contributed by atoms with Crippen molar-refractivity contribution in [2.75, 3.05) is 13.1 Å². The Morgan fingerprint density at radius 2 is 2.03 bits per heavy atom. The molecule has 0 spiro atoms. The Kier molecular flexibility index (Phi) is 11.6. The molecule has 1 aliphatic heterocycles. The van der Waals surface area contributed by atoms with Crippen LogP contribution < -0.4 is 16.4 Å². The van der Waals surface area contributed by atoms with Gasteiger partial charge >= 0.3 is 0 Å². The van der Waals surface area contributed by atoms with Gasteiger partial charge in [0.25, 0.3) is 0 Å². The van der Waals surface area contributed by atoms with Gasteiger partial charge in [0, 0.05) is 30.2 Å². The predicted octanol–water partition coefficient (Wildman–Crippen LogP) is 5.61. The minimum absolute atomic E-state index is 0.206. The largest absolute Gasteiger partial charge is 0.385 e. The molecule has 0 aromatic carbocycles. The van der Waals surface area contributed by atoms with Crippen LogP contribution in [0.4, 0.5) is 4.39 Å². The first kappa shape index (κ1) is 28.2. The lowest BCUT2D eigenvalue weighted by atomic mass is 9.92. The summed E-state index contributed by atoms with van der Waals surface area (Å²) in [5.41, 5.74) is 8.44. The summed E-state index contributed by atoms with van der Waals surface area (Å²) in [6.45, 7) is 24.8. The molecule has 0 bridgehead atoms. The average Bonchev–Trinajstić information content (AvgIpc) is 2.72. The maximum Gasteiger partial charge on any atom is 0.124 e. The fourth-order valence-electron chi connectivity index (χ4n) is 3.45. The van der Waals surface area contributed by atoms with E-state index in [-0.39, 0.29) is 6.04 Å². The quantitative estimate of drug-likeness (QED) is 0.250. The summed E-state index contributed by atoms with van der Waals surface area (Å²) in [5, 5.41) is 6.37. The molecule has 0 aliphatic carbocycles. The molecule has 0 amide bonds. The number of piperidine rings is 1. The van der Waals surface area contributed by atoms with Gasteiger partial charge in [0.2, 0.25) is 0 Å². The molecule has 1 atom stereocenters. The number of allylic oxidation sites excluding steroid dienone is 6. The summed E-state index contributed by atoms with van der Waals surface area (Å²) >= 11 is 0. The SMILES string of the molecule is C=C(/N=C\C=C/C)NC(=C)N1C(=C)/C(=C\C=C(/C)C(=C)NCCC(C)(C)F)CCC1CCN. The lowest BCUT2D eigenvalue weighted by molar-refractivity contribution is 0.202. The number of aliphatic imine (C=N–C) groups is 1. The number of hydrogen-bond acceptors (Lipinski definition) is 5. The number of likely N-dealkylation sites (tertiary alicyclic amines) is 1. The van der Waals surface area contributed by atoms with Crippen LogP contribution in [0.5, 0.6) is 0 Å². The number of hydrogen-bond donors (Lipinski definition) is 3. The third-order valence-electron chi connectivity index (χ3n) is 5.43. The van der Waals surface area contributed by atoms with Gasteiger partial charge in [-0.25, -0.2) is 9.38 Å². The van der Waals surface area contributed by atoms with E-state index in [9.17, 15) is 4.39 Å². The highest BCUT2D eigenvalue weighted by Gasteiger charge is 2.28. The molecule has 4 N–H and O–H groups in total. The zero-order chi connectivity index (χ0) is 25.0. The highest BCUT2D eigenvalue weighted by atomic mass is 19.1. The van der Waals surface area contributed by atoms with Crippen LogP contribution in [0.2, 0.25) is 0 Å². The number of halogens is 1. The van der Waals surface area contributed by atoms with Crippen molar-refractivity contribution in [3.05, 3.63) is 84.8 Å². The van der Waals surface area contributed by atoms with Crippen molar-refractivity contribution in [2.24, 2.45) is 10.7 Å². The molecular weight excluding hydrogens is 413 g/mol. The monoisotopic (exact) mass is 455 g/mol. The highest BCUT2D eigenvalue weighted by molar-refractivity contribution is 5.71. The molecule has 1 rings (SSSR count). The zero-order valence-electron chi connectivity index (χ0n) is 20.9. The van der Waals surface area contributed by atoms with E-state index >= 15 is 0 Å². The molecular formula is C27H42FN5. The Balaban J connectivity index is 2.93. The van der Waals surface area contributed by atoms with Crippen molar-refractivity contribution in [3.63, 3.8) is 0 Å². The summed E-state index contributed by atoms with van der Waals surface area (Å²) in [6, 6.07) is 0.206. The second-order valence-electron chi connectivity index (χ2n) is 8.82. The Labute approximate surface area is 200 Å². The Hall–Kier alpha value is -2.86. The van der Waals surface area contributed by atoms with Crippen LogP contribution in [-0.2, 0) is 0 Å². The van der Waals surface area contributed by atoms with Crippen LogP contribution in [0, 0.1) is 0 Å². The molecule has 0 saturated carbocycles. The lowest BCUT2D eigenvalue weighted by Gasteiger charge is -2.41. The second-order valence-corrected chi connectivity index (χ2v) is 8.82. The van der Waals surface area contributed by atoms with Crippen molar-refractivity contribution in [1.29, 1.82) is 0 Å². The molecule has 1 heterocycles. The van der Waals surface area contributed by atoms with Gasteiger partial charge in [0.1, 0.15) is 17.3 Å². The maximum atomic E-state index is 13.7. The first-order chi connectivity index (χ1) is 15.5. The molecule has 0 aromatic heterocycles. The van der Waals surface area contributed by atoms with E-state index in [1.165, 1.54) is 0 Å². The summed E-state index contributed by atoms with van der Waals surface area (Å²) in [7, 11) is 0. The van der Waals surface area contributed by atoms with Crippen molar-refractivity contribution in [1.82, 2.24) is 15.5 Å². The summed E-state index contributed by atoms with van der Waals surface area (Å²) < 4.78 is 13.7. The molecule has 1 unspecified atom stereocenters. The maximum absolute atomic E-state index is 13.7. The smallest absolute Gasteiger partial charge is 0.124 e. The number of nitrogens with two attached hydrogens (primary N) is 1. The van der Waals surface area contributed by atoms with E-state index in [0.29, 0.717) is 31.2 Å². The molecule has 1 fully saturated rings. The molecule has 6 heteroatoms. The molecule has 33 heavy (non-hydrogen) atoms. The zero-order valence-corrected chi connectivity index (χ0v) is 20.9. The van der Waals surface area contributed by atoms with Gasteiger partial charge in [-0.3, -0.25) is 0 Å². The Morgan fingerprint density at radius 1 is 1.33 bits per heavy atom. The van der Waals surface area contributed by atoms with Gasteiger partial charge in [-0.1, -0.05) is 44.5 Å². The lowest BCUT2D eigenvalue weighted by Crippen LogP contribution is -2.42. The van der Waals surface area contributed by atoms with E-state index in [0.717, 1.165) is 41.8 Å². The van der Waals surface area contributed by atoms with Crippen molar-refractivity contribution in [3.8, 4) is 0 Å². The summed E-state index contributed by atoms with van der Waals surface area (Å²) in [4.78, 5) is 6.35. The van der Waals surface area contributed by atoms with Crippen LogP contribution >= 0.6 is 0 Å². The van der Waals surface area contributed by atoms with Gasteiger partial charge in [0.15, 0.2) is 0 Å². The van der Waals surface area contributed by atoms with Crippen molar-refractivity contribution < 1.29 is 4.39 Å². The topological polar surface area (TPSA) is 65.7 Å². The van der Waals surface area contributed by atoms with Gasteiger partial charge in [-0.2, -0.15) is 0 Å². The van der Waals surface area contributed by atoms with Crippen LogP contribution in [0.1, 0.15) is 53.4 Å². The molecule has 1 saturated heterocycles. The van der Waals surface area contributed by atoms with E-state index in [4.69, 9.17) is 5.73 Å². The van der Waals surface area contributed by atoms with Gasteiger partial charge in [-0.05, 0) is 77.1 Å². The van der Waals surface area contributed by atoms with Gasteiger partial charge in [0.05, 0.1) is 0 Å². The first-order valence-electron chi connectivity index (χ1n) is 11.5. The molecule has 0 radical (unpaired) electrons. The second kappa shape index (κ2) is 13.6. The summed E-state index contributed by atoms with van der Waals surface area (Å²) in [6.07, 6.45) is 12.6. The van der Waals surface area contributed by atoms with Gasteiger partial charge < -0.3 is 21.3 Å². The molecule has 5 nitrogen and oxygen atoms in total. The first-order valence-corrected chi connectivity index (χ1v) is 11.5. The summed E-state index contributed by atoms with van der Waals surface area (Å²) in [5.74, 6) is 1.18. The third-order valence-corrected chi connectivity index (χ3v) is 5.43. The van der Waals surface area contributed by atoms with Crippen LogP contribution in [0.15, 0.2) is 89.8 Å². The number of rotatable bonds is 13. The van der Waals surface area contributed by atoms with Gasteiger partial charge in [-0.15, -0.1) is 0 Å². The molecule has 0 aromatic rings. The van der Waals surface area contributed by atoms with Crippen molar-refractivity contribution >= 4 is 6.21 Å². The predicted molar refractivity (Wildman–Crippen MR) is 141 cm³/mol. The number of alkyl halides is 1. The normalized spacial score (nSPS) is 18.9. The van der Waals surface area contributed by atoms with E-state index in [2.05, 4.69) is 52.9 Å². The standard InChI is InChI=1S/C27H42FN5/c1-9-10-18-31-23(5)32-24(6)33-22(4)25(13-14-26(33)15-17-29)12-11-20(2)21(3)30-19-16-27(7,8)28/h9-12,18,26,30,32H,3-6,13-17,19,29H2,1-2,7-8H3/b10-9-,20-11+,25-12-,31-18-. The van der Waals surface area contributed by atoms with Crippen LogP contribution in [-0.4, -0.2) is 35.9 Å². The number of nitrogens with one attached hydrogen (secondary N) is 2. The average molecular weight is 456 g/mol. The molecule has 1 aliphatic rings. The van der Waals surface area contributed by atoms with E-state index in [1.807, 2.05) is 32.1 Å².